The van der Waals surface area contributed by atoms with Crippen LogP contribution in [0.2, 0.25) is 0 Å². The second-order valence-electron chi connectivity index (χ2n) is 6.86. The van der Waals surface area contributed by atoms with Crippen molar-refractivity contribution in [1.29, 1.82) is 0 Å². The van der Waals surface area contributed by atoms with Gasteiger partial charge in [0.2, 0.25) is 0 Å². The largest absolute Gasteiger partial charge is 0.511 e. The fourth-order valence-corrected chi connectivity index (χ4v) is 3.95. The zero-order chi connectivity index (χ0) is 15.9. The summed E-state index contributed by atoms with van der Waals surface area (Å²) in [6.45, 7) is 4.01. The number of benzene rings is 1. The number of hydrogen-bond acceptors (Lipinski definition) is 3. The van der Waals surface area contributed by atoms with Crippen LogP contribution in [0.1, 0.15) is 48.8 Å². The van der Waals surface area contributed by atoms with Gasteiger partial charge in [-0.3, -0.25) is 4.79 Å². The molecule has 0 heterocycles. The molecule has 2 aliphatic rings. The molecule has 2 aliphatic carbocycles. The number of Topliss-reactive ketones (excluding diaryl/α,β-unsaturated/α-hetero) is 1. The zero-order valence-corrected chi connectivity index (χ0v) is 13.6. The second-order valence-corrected chi connectivity index (χ2v) is 6.86. The maximum absolute atomic E-state index is 12.6. The van der Waals surface area contributed by atoms with Crippen molar-refractivity contribution in [2.75, 3.05) is 7.11 Å². The lowest BCUT2D eigenvalue weighted by atomic mass is 9.71. The maximum atomic E-state index is 12.6. The lowest BCUT2D eigenvalue weighted by molar-refractivity contribution is -0.115. The van der Waals surface area contributed by atoms with Crippen LogP contribution < -0.4 is 0 Å². The summed E-state index contributed by atoms with van der Waals surface area (Å²) in [7, 11) is 1.74. The van der Waals surface area contributed by atoms with Gasteiger partial charge in [0.05, 0.1) is 11.7 Å². The molecule has 0 radical (unpaired) electrons. The van der Waals surface area contributed by atoms with E-state index in [1.165, 1.54) is 0 Å². The van der Waals surface area contributed by atoms with Gasteiger partial charge < -0.3 is 9.84 Å². The SMILES string of the molecule is COC1CCC2(CC1)CC(=O)C(c1cc(C)ccc1C)=C2O. The molecule has 3 nitrogen and oxygen atoms in total. The molecule has 3 rings (SSSR count). The highest BCUT2D eigenvalue weighted by molar-refractivity contribution is 6.24. The number of aliphatic hydroxyl groups is 1. The molecule has 0 aromatic heterocycles. The summed E-state index contributed by atoms with van der Waals surface area (Å²) in [5, 5.41) is 10.9. The van der Waals surface area contributed by atoms with Crippen LogP contribution in [0.3, 0.4) is 0 Å². The van der Waals surface area contributed by atoms with Crippen LogP contribution in [0.25, 0.3) is 5.57 Å². The highest BCUT2D eigenvalue weighted by Gasteiger charge is 2.48. The number of hydrogen-bond donors (Lipinski definition) is 1. The molecule has 1 aromatic rings. The average Bonchev–Trinajstić information content (AvgIpc) is 2.74. The predicted octanol–water partition coefficient (Wildman–Crippen LogP) is 4.12. The first-order chi connectivity index (χ1) is 10.5. The van der Waals surface area contributed by atoms with Gasteiger partial charge in [-0.25, -0.2) is 0 Å². The van der Waals surface area contributed by atoms with Gasteiger partial charge >= 0.3 is 0 Å². The Morgan fingerprint density at radius 1 is 1.23 bits per heavy atom. The highest BCUT2D eigenvalue weighted by Crippen LogP contribution is 2.52. The molecule has 118 valence electrons. The Morgan fingerprint density at radius 3 is 2.55 bits per heavy atom. The van der Waals surface area contributed by atoms with E-state index >= 15 is 0 Å². The van der Waals surface area contributed by atoms with Crippen LogP contribution in [-0.4, -0.2) is 24.1 Å². The van der Waals surface area contributed by atoms with E-state index in [9.17, 15) is 9.90 Å². The molecule has 3 heteroatoms. The third-order valence-electron chi connectivity index (χ3n) is 5.40. The Balaban J connectivity index is 2.00. The first-order valence-corrected chi connectivity index (χ1v) is 8.04. The monoisotopic (exact) mass is 300 g/mol. The van der Waals surface area contributed by atoms with Crippen molar-refractivity contribution in [3.63, 3.8) is 0 Å². The van der Waals surface area contributed by atoms with Crippen LogP contribution in [-0.2, 0) is 9.53 Å². The fourth-order valence-electron chi connectivity index (χ4n) is 3.95. The molecule has 0 saturated heterocycles. The first-order valence-electron chi connectivity index (χ1n) is 8.04. The smallest absolute Gasteiger partial charge is 0.167 e. The molecule has 0 amide bonds. The third-order valence-corrected chi connectivity index (χ3v) is 5.40. The van der Waals surface area contributed by atoms with Crippen LogP contribution in [0.15, 0.2) is 24.0 Å². The number of carbonyl (C=O) groups is 1. The van der Waals surface area contributed by atoms with Crippen molar-refractivity contribution in [3.05, 3.63) is 40.6 Å². The molecule has 0 aliphatic heterocycles. The van der Waals surface area contributed by atoms with Crippen molar-refractivity contribution >= 4 is 11.4 Å². The summed E-state index contributed by atoms with van der Waals surface area (Å²) < 4.78 is 5.42. The van der Waals surface area contributed by atoms with Crippen molar-refractivity contribution in [3.8, 4) is 0 Å². The van der Waals surface area contributed by atoms with Crippen molar-refractivity contribution < 1.29 is 14.6 Å². The first kappa shape index (κ1) is 15.3. The quantitative estimate of drug-likeness (QED) is 0.893. The van der Waals surface area contributed by atoms with E-state index in [0.717, 1.165) is 42.4 Å². The normalized spacial score (nSPS) is 28.7. The van der Waals surface area contributed by atoms with Crippen LogP contribution in [0, 0.1) is 19.3 Å². The standard InChI is InChI=1S/C19H24O3/c1-12-4-5-13(2)15(10-12)17-16(20)11-19(18(17)21)8-6-14(22-3)7-9-19/h4-5,10,14,21H,6-9,11H2,1-3H3. The Hall–Kier alpha value is -1.61. The molecule has 0 unspecified atom stereocenters. The van der Waals surface area contributed by atoms with Crippen LogP contribution in [0.5, 0.6) is 0 Å². The van der Waals surface area contributed by atoms with Crippen LogP contribution >= 0.6 is 0 Å². The van der Waals surface area contributed by atoms with Gasteiger partial charge in [0.15, 0.2) is 5.78 Å². The minimum Gasteiger partial charge on any atom is -0.511 e. The number of methoxy groups -OCH3 is 1. The third kappa shape index (κ3) is 2.38. The summed E-state index contributed by atoms with van der Waals surface area (Å²) >= 11 is 0. The van der Waals surface area contributed by atoms with Crippen molar-refractivity contribution in [2.45, 2.75) is 52.1 Å². The predicted molar refractivity (Wildman–Crippen MR) is 86.8 cm³/mol. The summed E-state index contributed by atoms with van der Waals surface area (Å²) in [6.07, 6.45) is 4.19. The number of aryl methyl sites for hydroxylation is 2. The van der Waals surface area contributed by atoms with E-state index in [2.05, 4.69) is 0 Å². The van der Waals surface area contributed by atoms with Gasteiger partial charge in [-0.15, -0.1) is 0 Å². The van der Waals surface area contributed by atoms with Gasteiger partial charge in [-0.2, -0.15) is 0 Å². The van der Waals surface area contributed by atoms with Crippen LogP contribution in [0.4, 0.5) is 0 Å². The van der Waals surface area contributed by atoms with E-state index < -0.39 is 0 Å². The molecule has 22 heavy (non-hydrogen) atoms. The topological polar surface area (TPSA) is 46.5 Å². The Morgan fingerprint density at radius 2 is 1.91 bits per heavy atom. The maximum Gasteiger partial charge on any atom is 0.167 e. The average molecular weight is 300 g/mol. The summed E-state index contributed by atoms with van der Waals surface area (Å²) in [5.74, 6) is 0.405. The van der Waals surface area contributed by atoms with E-state index in [1.54, 1.807) is 7.11 Å². The Labute approximate surface area is 132 Å². The van der Waals surface area contributed by atoms with Gasteiger partial charge in [-0.1, -0.05) is 23.8 Å². The highest BCUT2D eigenvalue weighted by atomic mass is 16.5. The van der Waals surface area contributed by atoms with Gasteiger partial charge in [0, 0.05) is 18.9 Å². The van der Waals surface area contributed by atoms with Crippen molar-refractivity contribution in [2.24, 2.45) is 5.41 Å². The minimum absolute atomic E-state index is 0.0852. The molecule has 0 atom stereocenters. The van der Waals surface area contributed by atoms with Gasteiger partial charge in [0.25, 0.3) is 0 Å². The molecule has 0 bridgehead atoms. The number of allylic oxidation sites excluding steroid dienone is 2. The summed E-state index contributed by atoms with van der Waals surface area (Å²) in [5.41, 5.74) is 3.25. The number of aliphatic hydroxyl groups excluding tert-OH is 1. The molecule has 1 N–H and O–H groups in total. The molecule has 1 aromatic carbocycles. The fraction of sp³-hybridized carbons (Fsp3) is 0.526. The summed E-state index contributed by atoms with van der Waals surface area (Å²) in [4.78, 5) is 12.6. The number of carbonyl (C=O) groups excluding carboxylic acids is 1. The van der Waals surface area contributed by atoms with Crippen molar-refractivity contribution in [1.82, 2.24) is 0 Å². The number of ether oxygens (including phenoxy) is 1. The molecular weight excluding hydrogens is 276 g/mol. The number of ketones is 1. The van der Waals surface area contributed by atoms with Gasteiger partial charge in [-0.05, 0) is 50.7 Å². The van der Waals surface area contributed by atoms with E-state index in [4.69, 9.17) is 4.74 Å². The molecular formula is C19H24O3. The van der Waals surface area contributed by atoms with E-state index in [-0.39, 0.29) is 17.3 Å². The molecule has 1 fully saturated rings. The lowest BCUT2D eigenvalue weighted by Crippen LogP contribution is -2.31. The zero-order valence-electron chi connectivity index (χ0n) is 13.6. The molecule has 1 saturated carbocycles. The Bertz CT molecular complexity index is 634. The lowest BCUT2D eigenvalue weighted by Gasteiger charge is -2.36. The van der Waals surface area contributed by atoms with Gasteiger partial charge in [0.1, 0.15) is 5.76 Å². The van der Waals surface area contributed by atoms with E-state index in [1.807, 2.05) is 32.0 Å². The summed E-state index contributed by atoms with van der Waals surface area (Å²) in [6, 6.07) is 6.07. The molecule has 1 spiro atoms. The minimum atomic E-state index is -0.350. The number of rotatable bonds is 2. The Kier molecular flexibility index (Phi) is 3.85. The second kappa shape index (κ2) is 5.54. The van der Waals surface area contributed by atoms with E-state index in [0.29, 0.717) is 17.8 Å².